The van der Waals surface area contributed by atoms with Gasteiger partial charge in [-0.05, 0) is 40.2 Å². The first kappa shape index (κ1) is 13.7. The molecule has 2 rings (SSSR count). The Morgan fingerprint density at radius 3 is 2.61 bits per heavy atom. The van der Waals surface area contributed by atoms with Gasteiger partial charge >= 0.3 is 7.05 Å². The van der Waals surface area contributed by atoms with Gasteiger partial charge < -0.3 is 20.7 Å². The molecule has 0 radical (unpaired) electrons. The summed E-state index contributed by atoms with van der Waals surface area (Å²) in [5.41, 5.74) is 7.45. The number of hydrogen-bond donors (Lipinski definition) is 3. The van der Waals surface area contributed by atoms with Crippen molar-refractivity contribution in [2.45, 2.75) is 45.3 Å². The van der Waals surface area contributed by atoms with Crippen LogP contribution in [-0.4, -0.2) is 29.9 Å². The lowest BCUT2D eigenvalue weighted by molar-refractivity contribution is 0.0742. The Bertz CT molecular complexity index is 386. The SMILES string of the molecule is CC1(C)NB(C2=CC=C(N)C(CO)C2)OC1(C)C. The second kappa shape index (κ2) is 4.40. The van der Waals surface area contributed by atoms with Gasteiger partial charge in [0, 0.05) is 17.2 Å². The summed E-state index contributed by atoms with van der Waals surface area (Å²) < 4.78 is 6.10. The molecule has 100 valence electrons. The Labute approximate surface area is 109 Å². The molecule has 0 aromatic rings. The van der Waals surface area contributed by atoms with Crippen molar-refractivity contribution < 1.29 is 9.76 Å². The number of rotatable bonds is 2. The second-order valence-corrected chi connectivity index (χ2v) is 6.27. The maximum Gasteiger partial charge on any atom is 0.412 e. The highest BCUT2D eigenvalue weighted by atomic mass is 16.5. The van der Waals surface area contributed by atoms with Gasteiger partial charge in [-0.3, -0.25) is 0 Å². The Kier molecular flexibility index (Phi) is 3.34. The number of hydrogen-bond acceptors (Lipinski definition) is 4. The number of allylic oxidation sites excluding steroid dienone is 3. The first-order valence-electron chi connectivity index (χ1n) is 6.49. The predicted molar refractivity (Wildman–Crippen MR) is 73.7 cm³/mol. The van der Waals surface area contributed by atoms with E-state index in [0.717, 1.165) is 17.6 Å². The third-order valence-electron chi connectivity index (χ3n) is 4.41. The highest BCUT2D eigenvalue weighted by Crippen LogP contribution is 2.35. The lowest BCUT2D eigenvalue weighted by atomic mass is 9.67. The monoisotopic (exact) mass is 250 g/mol. The summed E-state index contributed by atoms with van der Waals surface area (Å²) in [4.78, 5) is 0. The largest absolute Gasteiger partial charge is 0.412 e. The number of aliphatic hydroxyl groups excluding tert-OH is 1. The highest BCUT2D eigenvalue weighted by molar-refractivity contribution is 6.59. The van der Waals surface area contributed by atoms with Crippen LogP contribution >= 0.6 is 0 Å². The molecule has 18 heavy (non-hydrogen) atoms. The third-order valence-corrected chi connectivity index (χ3v) is 4.41. The number of nitrogens with two attached hydrogens (primary N) is 1. The molecule has 4 nitrogen and oxygen atoms in total. The van der Waals surface area contributed by atoms with E-state index in [1.165, 1.54) is 0 Å². The standard InChI is InChI=1S/C13H23BN2O2/c1-12(2)13(3,4)18-14(16-12)10-5-6-11(15)9(7-10)8-17/h5-6,9,16-17H,7-8,15H2,1-4H3. The van der Waals surface area contributed by atoms with Crippen molar-refractivity contribution in [1.82, 2.24) is 5.23 Å². The average molecular weight is 250 g/mol. The minimum absolute atomic E-state index is 0.0159. The lowest BCUT2D eigenvalue weighted by Gasteiger charge is -2.33. The van der Waals surface area contributed by atoms with Crippen LogP contribution in [0, 0.1) is 5.92 Å². The summed E-state index contributed by atoms with van der Waals surface area (Å²) in [6, 6.07) is 0. The summed E-state index contributed by atoms with van der Waals surface area (Å²) in [7, 11) is -0.0894. The van der Waals surface area contributed by atoms with Crippen LogP contribution in [0.3, 0.4) is 0 Å². The number of aliphatic hydroxyl groups is 1. The predicted octanol–water partition coefficient (Wildman–Crippen LogP) is 0.972. The minimum Gasteiger partial charge on any atom is -0.411 e. The van der Waals surface area contributed by atoms with Gasteiger partial charge in [0.25, 0.3) is 0 Å². The van der Waals surface area contributed by atoms with Crippen LogP contribution in [0.15, 0.2) is 23.3 Å². The Morgan fingerprint density at radius 2 is 2.11 bits per heavy atom. The van der Waals surface area contributed by atoms with E-state index in [9.17, 15) is 5.11 Å². The first-order valence-corrected chi connectivity index (χ1v) is 6.49. The molecular formula is C13H23BN2O2. The molecule has 0 bridgehead atoms. The van der Waals surface area contributed by atoms with E-state index < -0.39 is 0 Å². The Balaban J connectivity index is 2.16. The van der Waals surface area contributed by atoms with E-state index in [2.05, 4.69) is 32.9 Å². The zero-order valence-corrected chi connectivity index (χ0v) is 11.7. The van der Waals surface area contributed by atoms with Crippen LogP contribution in [0.1, 0.15) is 34.1 Å². The van der Waals surface area contributed by atoms with Gasteiger partial charge in [0.05, 0.1) is 12.2 Å². The van der Waals surface area contributed by atoms with Crippen molar-refractivity contribution in [1.29, 1.82) is 0 Å². The fourth-order valence-corrected chi connectivity index (χ4v) is 2.32. The highest BCUT2D eigenvalue weighted by Gasteiger charge is 2.50. The maximum absolute atomic E-state index is 9.32. The molecule has 1 aliphatic carbocycles. The zero-order valence-electron chi connectivity index (χ0n) is 11.7. The minimum atomic E-state index is -0.222. The van der Waals surface area contributed by atoms with E-state index in [1.54, 1.807) is 0 Å². The van der Waals surface area contributed by atoms with Gasteiger partial charge in [0.1, 0.15) is 0 Å². The van der Waals surface area contributed by atoms with Crippen LogP contribution in [0.4, 0.5) is 0 Å². The summed E-state index contributed by atoms with van der Waals surface area (Å²) in [6.45, 7) is 8.56. The van der Waals surface area contributed by atoms with Crippen molar-refractivity contribution >= 4 is 7.05 Å². The molecule has 0 spiro atoms. The van der Waals surface area contributed by atoms with Gasteiger partial charge in [0.15, 0.2) is 0 Å². The van der Waals surface area contributed by atoms with Crippen molar-refractivity contribution in [2.75, 3.05) is 6.61 Å². The molecule has 0 aromatic heterocycles. The molecule has 1 fully saturated rings. The molecule has 2 aliphatic rings. The van der Waals surface area contributed by atoms with Crippen molar-refractivity contribution in [3.63, 3.8) is 0 Å². The normalized spacial score (nSPS) is 30.1. The quantitative estimate of drug-likeness (QED) is 0.639. The van der Waals surface area contributed by atoms with Crippen molar-refractivity contribution in [3.8, 4) is 0 Å². The Hall–Kier alpha value is -0.775. The Morgan fingerprint density at radius 1 is 1.44 bits per heavy atom. The second-order valence-electron chi connectivity index (χ2n) is 6.27. The molecular weight excluding hydrogens is 227 g/mol. The maximum atomic E-state index is 9.32. The molecule has 1 aliphatic heterocycles. The summed E-state index contributed by atoms with van der Waals surface area (Å²) >= 11 is 0. The fraction of sp³-hybridized carbons (Fsp3) is 0.692. The molecule has 4 N–H and O–H groups in total. The van der Waals surface area contributed by atoms with E-state index in [4.69, 9.17) is 10.4 Å². The third kappa shape index (κ3) is 2.22. The molecule has 1 saturated heterocycles. The van der Waals surface area contributed by atoms with Crippen LogP contribution in [0.5, 0.6) is 0 Å². The van der Waals surface area contributed by atoms with Gasteiger partial charge in [-0.1, -0.05) is 11.5 Å². The van der Waals surface area contributed by atoms with E-state index in [1.807, 2.05) is 12.2 Å². The molecule has 0 saturated carbocycles. The summed E-state index contributed by atoms with van der Waals surface area (Å²) in [5.74, 6) is 0.0159. The van der Waals surface area contributed by atoms with Gasteiger partial charge in [-0.25, -0.2) is 0 Å². The van der Waals surface area contributed by atoms with E-state index >= 15 is 0 Å². The van der Waals surface area contributed by atoms with Gasteiger partial charge in [-0.2, -0.15) is 0 Å². The van der Waals surface area contributed by atoms with E-state index in [0.29, 0.717) is 0 Å². The van der Waals surface area contributed by atoms with E-state index in [-0.39, 0.29) is 30.7 Å². The summed E-state index contributed by atoms with van der Waals surface area (Å²) in [5, 5.41) is 12.8. The van der Waals surface area contributed by atoms with Gasteiger partial charge in [-0.15, -0.1) is 0 Å². The summed E-state index contributed by atoms with van der Waals surface area (Å²) in [6.07, 6.45) is 4.64. The van der Waals surface area contributed by atoms with Crippen LogP contribution in [-0.2, 0) is 4.65 Å². The fourth-order valence-electron chi connectivity index (χ4n) is 2.32. The zero-order chi connectivity index (χ0) is 13.6. The first-order chi connectivity index (χ1) is 8.27. The average Bonchev–Trinajstić information content (AvgIpc) is 2.49. The van der Waals surface area contributed by atoms with Crippen LogP contribution in [0.25, 0.3) is 0 Å². The van der Waals surface area contributed by atoms with Crippen molar-refractivity contribution in [3.05, 3.63) is 23.3 Å². The molecule has 5 heteroatoms. The van der Waals surface area contributed by atoms with Crippen LogP contribution in [0.2, 0.25) is 0 Å². The van der Waals surface area contributed by atoms with Gasteiger partial charge in [0.2, 0.25) is 0 Å². The molecule has 1 atom stereocenters. The lowest BCUT2D eigenvalue weighted by Crippen LogP contribution is -2.49. The van der Waals surface area contributed by atoms with Crippen LogP contribution < -0.4 is 11.0 Å². The topological polar surface area (TPSA) is 67.5 Å². The molecule has 0 aromatic carbocycles. The molecule has 1 unspecified atom stereocenters. The number of nitrogens with one attached hydrogen (secondary N) is 1. The molecule has 0 amide bonds. The van der Waals surface area contributed by atoms with Crippen molar-refractivity contribution in [2.24, 2.45) is 11.7 Å². The molecule has 1 heterocycles. The smallest absolute Gasteiger partial charge is 0.411 e.